The number of nitrogens with zero attached hydrogens (tertiary/aromatic N) is 1. The molecule has 0 amide bonds. The number of Topliss-reactive ketones (excluding diaryl/α,β-unsaturated/α-hetero) is 1. The minimum atomic E-state index is -6.13. The van der Waals surface area contributed by atoms with Crippen molar-refractivity contribution in [3.63, 3.8) is 0 Å². The number of aromatic nitrogens is 1. The van der Waals surface area contributed by atoms with Gasteiger partial charge in [-0.2, -0.15) is 132 Å². The minimum absolute atomic E-state index is 0.119. The van der Waals surface area contributed by atoms with Crippen LogP contribution in [0.3, 0.4) is 0 Å². The summed E-state index contributed by atoms with van der Waals surface area (Å²) in [5.41, 5.74) is -24.7. The molecule has 0 aliphatic rings. The zero-order valence-corrected chi connectivity index (χ0v) is 40.1. The Hall–Kier alpha value is -7.48. The van der Waals surface area contributed by atoms with Crippen molar-refractivity contribution in [1.82, 2.24) is 0 Å². The summed E-state index contributed by atoms with van der Waals surface area (Å²) < 4.78 is 343. The van der Waals surface area contributed by atoms with Gasteiger partial charge in [-0.15, -0.1) is 0 Å². The Morgan fingerprint density at radius 1 is 0.362 bits per heavy atom. The monoisotopic (exact) mass is 1170 g/mol. The molecule has 426 valence electrons. The van der Waals surface area contributed by atoms with Gasteiger partial charge in [0, 0.05) is 23.3 Å². The maximum atomic E-state index is 14.2. The first-order valence-corrected chi connectivity index (χ1v) is 22.4. The predicted molar refractivity (Wildman–Crippen MR) is 242 cm³/mol. The molecule has 2 nitrogen and oxygen atoms in total. The van der Waals surface area contributed by atoms with Crippen LogP contribution in [-0.4, -0.2) is 11.9 Å². The van der Waals surface area contributed by atoms with E-state index in [2.05, 4.69) is 38.1 Å². The van der Waals surface area contributed by atoms with Gasteiger partial charge in [0.15, 0.2) is 6.20 Å². The lowest BCUT2D eigenvalue weighted by Gasteiger charge is -2.46. The number of carbonyl (C=O) groups excluding carboxylic acids is 1. The van der Waals surface area contributed by atoms with E-state index in [4.69, 9.17) is 0 Å². The number of rotatable bonds is 8. The number of benzene rings is 6. The van der Waals surface area contributed by atoms with Crippen molar-refractivity contribution < 1.29 is 115 Å². The molecular formula is C53H32BF24NO. The normalized spacial score (nSPS) is 13.2. The molecule has 0 radical (unpaired) electrons. The summed E-state index contributed by atoms with van der Waals surface area (Å²) in [5, 5.41) is 0. The van der Waals surface area contributed by atoms with Gasteiger partial charge in [-0.25, -0.2) is 0 Å². The van der Waals surface area contributed by atoms with E-state index in [0.717, 1.165) is 11.3 Å². The van der Waals surface area contributed by atoms with Crippen LogP contribution in [0.4, 0.5) is 105 Å². The molecule has 0 fully saturated rings. The molecule has 1 aromatic heterocycles. The smallest absolute Gasteiger partial charge is 0.287 e. The molecule has 0 saturated carbocycles. The summed E-state index contributed by atoms with van der Waals surface area (Å²) in [6.07, 6.45) is -52.8. The largest absolute Gasteiger partial charge is 0.416 e. The second kappa shape index (κ2) is 21.5. The molecule has 0 N–H and O–H groups in total. The highest BCUT2D eigenvalue weighted by molar-refractivity contribution is 7.20. The number of halogens is 24. The Kier molecular flexibility index (Phi) is 16.6. The fraction of sp³-hybridized carbons (Fsp3) is 0.208. The highest BCUT2D eigenvalue weighted by Crippen LogP contribution is 2.41. The van der Waals surface area contributed by atoms with Crippen LogP contribution in [0.15, 0.2) is 146 Å². The number of carbonyl (C=O) groups is 1. The molecule has 0 bridgehead atoms. The maximum Gasteiger partial charge on any atom is 0.416 e. The van der Waals surface area contributed by atoms with Gasteiger partial charge >= 0.3 is 49.4 Å². The second-order valence-corrected chi connectivity index (χ2v) is 18.0. The Morgan fingerprint density at radius 2 is 0.650 bits per heavy atom. The number of hydrogen-bond donors (Lipinski definition) is 0. The van der Waals surface area contributed by atoms with Gasteiger partial charge in [0.1, 0.15) is 6.15 Å². The molecule has 1 heterocycles. The van der Waals surface area contributed by atoms with E-state index in [1.54, 1.807) is 0 Å². The van der Waals surface area contributed by atoms with Gasteiger partial charge in [-0.05, 0) is 61.4 Å². The highest BCUT2D eigenvalue weighted by atomic mass is 19.4. The molecule has 0 unspecified atom stereocenters. The van der Waals surface area contributed by atoms with E-state index in [1.165, 1.54) is 16.7 Å². The van der Waals surface area contributed by atoms with Crippen molar-refractivity contribution in [2.24, 2.45) is 0 Å². The first-order chi connectivity index (χ1) is 36.4. The Balaban J connectivity index is 0.000000370. The number of ketones is 1. The second-order valence-electron chi connectivity index (χ2n) is 18.0. The third-order valence-corrected chi connectivity index (χ3v) is 12.7. The molecule has 0 atom stereocenters. The summed E-state index contributed by atoms with van der Waals surface area (Å²) in [5.74, 6) is 0.119. The van der Waals surface area contributed by atoms with E-state index in [-0.39, 0.29) is 5.78 Å². The minimum Gasteiger partial charge on any atom is -0.287 e. The molecular weight excluding hydrogens is 1130 g/mol. The van der Waals surface area contributed by atoms with Crippen LogP contribution in [0, 0.1) is 13.8 Å². The third kappa shape index (κ3) is 13.7. The van der Waals surface area contributed by atoms with Gasteiger partial charge in [-0.3, -0.25) is 4.79 Å². The van der Waals surface area contributed by atoms with Crippen molar-refractivity contribution in [1.29, 1.82) is 0 Å². The zero-order chi connectivity index (χ0) is 60.1. The van der Waals surface area contributed by atoms with Crippen LogP contribution < -0.4 is 26.4 Å². The Labute approximate surface area is 435 Å². The van der Waals surface area contributed by atoms with Gasteiger partial charge < -0.3 is 0 Å². The van der Waals surface area contributed by atoms with Crippen molar-refractivity contribution in [2.45, 2.75) is 69.8 Å². The Morgan fingerprint density at radius 3 is 0.938 bits per heavy atom. The lowest BCUT2D eigenvalue weighted by atomic mass is 9.12. The van der Waals surface area contributed by atoms with Gasteiger partial charge in [-0.1, -0.05) is 91.0 Å². The Bertz CT molecular complexity index is 2960. The number of aryl methyl sites for hydroxylation is 1. The van der Waals surface area contributed by atoms with Crippen molar-refractivity contribution in [3.8, 4) is 11.3 Å². The van der Waals surface area contributed by atoms with Gasteiger partial charge in [0.2, 0.25) is 18.0 Å². The van der Waals surface area contributed by atoms with E-state index >= 15 is 0 Å². The lowest BCUT2D eigenvalue weighted by molar-refractivity contribution is -0.672. The third-order valence-electron chi connectivity index (χ3n) is 12.7. The standard InChI is InChI=1S/C32H12BF24.C21H20NO/c34-25(35,36)13-1-14(26(37,38)39)6-21(5-13)33(22-7-15(27(40,41)42)2-16(8-22)28(43,44)45,23-9-17(29(46,47)48)3-18(10-23)30(49,50)51)24-11-19(31(52,53)54)4-20(12-24)32(55,56)57;1-16-9-8-12-19(17(16)2)20-13-6-7-14-22(20)15-21(23)18-10-4-3-5-11-18/h1-12H;3-14H,15H2,1-2H3/q-1;+1. The van der Waals surface area contributed by atoms with Crippen LogP contribution >= 0.6 is 0 Å². The van der Waals surface area contributed by atoms with Gasteiger partial charge in [0.25, 0.3) is 0 Å². The number of pyridine rings is 1. The maximum absolute atomic E-state index is 14.2. The first kappa shape index (κ1) is 61.7. The molecule has 0 spiro atoms. The number of alkyl halides is 24. The zero-order valence-electron chi connectivity index (χ0n) is 40.1. The molecule has 0 aliphatic carbocycles. The molecule has 6 aromatic carbocycles. The van der Waals surface area contributed by atoms with E-state index in [9.17, 15) is 110 Å². The fourth-order valence-electron chi connectivity index (χ4n) is 8.83. The summed E-state index contributed by atoms with van der Waals surface area (Å²) in [6, 6.07) is 13.0. The summed E-state index contributed by atoms with van der Waals surface area (Å²) >= 11 is 0. The predicted octanol–water partition coefficient (Wildman–Crippen LogP) is 15.4. The van der Waals surface area contributed by atoms with Crippen LogP contribution in [-0.2, 0) is 56.0 Å². The first-order valence-electron chi connectivity index (χ1n) is 22.4. The topological polar surface area (TPSA) is 20.9 Å². The van der Waals surface area contributed by atoms with E-state index in [0.29, 0.717) is 6.54 Å². The lowest BCUT2D eigenvalue weighted by Crippen LogP contribution is -2.75. The molecule has 80 heavy (non-hydrogen) atoms. The average molecular weight is 1170 g/mol. The van der Waals surface area contributed by atoms with Crippen molar-refractivity contribution in [3.05, 3.63) is 207 Å². The van der Waals surface area contributed by atoms with Crippen molar-refractivity contribution >= 4 is 33.8 Å². The van der Waals surface area contributed by atoms with E-state index < -0.39 is 195 Å². The van der Waals surface area contributed by atoms with Crippen LogP contribution in [0.1, 0.15) is 66.0 Å². The highest BCUT2D eigenvalue weighted by Gasteiger charge is 2.47. The quantitative estimate of drug-likeness (QED) is 0.0643. The van der Waals surface area contributed by atoms with E-state index in [1.807, 2.05) is 53.2 Å². The van der Waals surface area contributed by atoms with Crippen molar-refractivity contribution in [2.75, 3.05) is 0 Å². The average Bonchev–Trinajstić information content (AvgIpc) is 3.47. The fourth-order valence-corrected chi connectivity index (χ4v) is 8.83. The van der Waals surface area contributed by atoms with Gasteiger partial charge in [0.05, 0.1) is 44.5 Å². The molecule has 7 rings (SSSR count). The summed E-state index contributed by atoms with van der Waals surface area (Å²) in [7, 11) is 0. The summed E-state index contributed by atoms with van der Waals surface area (Å²) in [6.45, 7) is 4.58. The molecule has 7 aromatic rings. The van der Waals surface area contributed by atoms with Crippen LogP contribution in [0.25, 0.3) is 11.3 Å². The summed E-state index contributed by atoms with van der Waals surface area (Å²) in [4.78, 5) is 12.5. The van der Waals surface area contributed by atoms with Crippen LogP contribution in [0.2, 0.25) is 0 Å². The molecule has 27 heteroatoms. The SMILES string of the molecule is Cc1cccc(-c2cccc[n+]2CC(=O)c2ccccc2)c1C.FC(F)(F)c1cc([B-](c2cc(C(F)(F)F)cc(C(F)(F)F)c2)(c2cc(C(F)(F)F)cc(C(F)(F)F)c2)c2cc(C(F)(F)F)cc(C(F)(F)F)c2)cc(C(F)(F)F)c1. The number of hydrogen-bond acceptors (Lipinski definition) is 1. The van der Waals surface area contributed by atoms with Crippen LogP contribution in [0.5, 0.6) is 0 Å². The molecule has 0 saturated heterocycles. The molecule has 0 aliphatic heterocycles.